The molecule has 12 heteroatoms. The van der Waals surface area contributed by atoms with Gasteiger partial charge in [0.1, 0.15) is 6.10 Å². The van der Waals surface area contributed by atoms with Crippen LogP contribution in [0.1, 0.15) is 102 Å². The Labute approximate surface area is 247 Å². The predicted octanol–water partition coefficient (Wildman–Crippen LogP) is 6.30. The minimum atomic E-state index is -6.11. The highest BCUT2D eigenvalue weighted by Crippen LogP contribution is 2.45. The monoisotopic (exact) mass is 619 g/mol. The lowest BCUT2D eigenvalue weighted by Gasteiger charge is -2.38. The van der Waals surface area contributed by atoms with Crippen LogP contribution in [0.5, 0.6) is 5.75 Å². The second kappa shape index (κ2) is 12.3. The molecule has 0 spiro atoms. The molecule has 0 N–H and O–H groups in total. The van der Waals surface area contributed by atoms with Gasteiger partial charge in [0.2, 0.25) is 5.91 Å². The summed E-state index contributed by atoms with van der Waals surface area (Å²) >= 11 is 0. The Bertz CT molecular complexity index is 1300. The van der Waals surface area contributed by atoms with E-state index in [0.29, 0.717) is 42.0 Å². The molecule has 1 saturated carbocycles. The van der Waals surface area contributed by atoms with Gasteiger partial charge in [0.25, 0.3) is 0 Å². The van der Waals surface area contributed by atoms with E-state index in [2.05, 4.69) is 20.8 Å². The lowest BCUT2D eigenvalue weighted by Crippen LogP contribution is -2.39. The fourth-order valence-corrected chi connectivity index (χ4v) is 6.61. The Balaban J connectivity index is 2.24. The number of rotatable bonds is 7. The number of esters is 1. The van der Waals surface area contributed by atoms with E-state index in [1.165, 1.54) is 18.7 Å². The first-order valence-electron chi connectivity index (χ1n) is 14.4. The molecule has 1 aromatic carbocycles. The Morgan fingerprint density at radius 3 is 2.17 bits per heavy atom. The third-order valence-corrected chi connectivity index (χ3v) is 9.29. The lowest BCUT2D eigenvalue weighted by atomic mass is 9.75. The predicted molar refractivity (Wildman–Crippen MR) is 151 cm³/mol. The summed E-state index contributed by atoms with van der Waals surface area (Å²) in [5, 5.41) is 0. The minimum absolute atomic E-state index is 0.0608. The van der Waals surface area contributed by atoms with Crippen molar-refractivity contribution >= 4 is 22.0 Å². The highest BCUT2D eigenvalue weighted by atomic mass is 32.2. The first kappa shape index (κ1) is 34.2. The highest BCUT2D eigenvalue weighted by molar-refractivity contribution is 7.88. The summed E-state index contributed by atoms with van der Waals surface area (Å²) in [5.74, 6) is -1.04. The third kappa shape index (κ3) is 7.41. The molecule has 1 amide bonds. The van der Waals surface area contributed by atoms with E-state index in [1.807, 2.05) is 0 Å². The zero-order valence-corrected chi connectivity index (χ0v) is 26.8. The van der Waals surface area contributed by atoms with Gasteiger partial charge in [0.15, 0.2) is 11.9 Å². The average Bonchev–Trinajstić information content (AvgIpc) is 2.84. The average molecular weight is 620 g/mol. The maximum Gasteiger partial charge on any atom is 0.534 e. The van der Waals surface area contributed by atoms with Crippen molar-refractivity contribution in [3.8, 4) is 5.75 Å². The summed E-state index contributed by atoms with van der Waals surface area (Å²) in [5.41, 5.74) is -5.15. The van der Waals surface area contributed by atoms with Crippen LogP contribution >= 0.6 is 0 Å². The maximum absolute atomic E-state index is 14.0. The van der Waals surface area contributed by atoms with Crippen LogP contribution in [0.3, 0.4) is 0 Å². The first-order valence-corrected chi connectivity index (χ1v) is 15.8. The second-order valence-corrected chi connectivity index (χ2v) is 14.6. The second-order valence-electron chi connectivity index (χ2n) is 13.0. The van der Waals surface area contributed by atoms with Crippen molar-refractivity contribution in [3.05, 3.63) is 27.8 Å². The molecule has 1 aliphatic heterocycles. The number of hydrogen-bond acceptors (Lipinski definition) is 7. The quantitative estimate of drug-likeness (QED) is 0.201. The SMILES string of the molecule is CC(=O)N1CCc2c(C)c([C@H](OC(C)(C)C)C(=O)O[C@@H]3C[C@H](C)CC[C@H]3C(C)C)c(OS(=O)(=O)C(F)(F)F)c(C)c2C1. The summed E-state index contributed by atoms with van der Waals surface area (Å²) in [6.07, 6.45) is 0.845. The number of carbonyl (C=O) groups excluding carboxylic acids is 2. The van der Waals surface area contributed by atoms with Crippen LogP contribution in [-0.4, -0.2) is 49.0 Å². The van der Waals surface area contributed by atoms with E-state index >= 15 is 0 Å². The number of alkyl halides is 3. The molecule has 1 heterocycles. The van der Waals surface area contributed by atoms with Crippen molar-refractivity contribution in [1.29, 1.82) is 0 Å². The van der Waals surface area contributed by atoms with Crippen molar-refractivity contribution in [1.82, 2.24) is 4.90 Å². The normalized spacial score (nSPS) is 22.5. The molecule has 0 aromatic heterocycles. The van der Waals surface area contributed by atoms with E-state index < -0.39 is 45.2 Å². The van der Waals surface area contributed by atoms with Gasteiger partial charge in [-0.1, -0.05) is 27.2 Å². The van der Waals surface area contributed by atoms with E-state index in [9.17, 15) is 31.2 Å². The van der Waals surface area contributed by atoms with Crippen molar-refractivity contribution in [2.45, 2.75) is 118 Å². The number of hydrogen-bond donors (Lipinski definition) is 0. The van der Waals surface area contributed by atoms with Gasteiger partial charge < -0.3 is 18.6 Å². The van der Waals surface area contributed by atoms with Crippen LogP contribution in [0, 0.1) is 31.6 Å². The molecule has 238 valence electrons. The third-order valence-electron chi connectivity index (χ3n) is 8.34. The largest absolute Gasteiger partial charge is 0.534 e. The van der Waals surface area contributed by atoms with Gasteiger partial charge in [-0.15, -0.1) is 0 Å². The molecule has 0 unspecified atom stereocenters. The van der Waals surface area contributed by atoms with Gasteiger partial charge in [0, 0.05) is 25.6 Å². The smallest absolute Gasteiger partial charge is 0.460 e. The zero-order valence-electron chi connectivity index (χ0n) is 26.0. The Hall–Kier alpha value is -2.34. The zero-order chi connectivity index (χ0) is 31.9. The van der Waals surface area contributed by atoms with E-state index in [4.69, 9.17) is 13.7 Å². The molecule has 0 radical (unpaired) electrons. The molecule has 3 rings (SSSR count). The molecular weight excluding hydrogens is 575 g/mol. The summed E-state index contributed by atoms with van der Waals surface area (Å²) in [6.45, 7) is 16.1. The Morgan fingerprint density at radius 2 is 1.64 bits per heavy atom. The van der Waals surface area contributed by atoms with Gasteiger partial charge in [-0.2, -0.15) is 21.6 Å². The number of fused-ring (bicyclic) bond motifs is 1. The standard InChI is InChI=1S/C30H44F3NO7S/c1-16(2)21-11-10-17(3)14-24(21)39-28(36)27(40-29(7,8)9)25-18(4)22-12-13-34(20(6)35)15-23(22)19(5)26(25)41-42(37,38)30(31,32)33/h16-17,21,24,27H,10-15H2,1-9H3/t17-,21+,24-,27+/m1/s1. The molecule has 1 aliphatic carbocycles. The fraction of sp³-hybridized carbons (Fsp3) is 0.733. The number of halogens is 3. The van der Waals surface area contributed by atoms with Gasteiger partial charge in [-0.25, -0.2) is 4.79 Å². The van der Waals surface area contributed by atoms with E-state index in [0.717, 1.165) is 12.8 Å². The van der Waals surface area contributed by atoms with Crippen molar-refractivity contribution in [3.63, 3.8) is 0 Å². The van der Waals surface area contributed by atoms with Crippen molar-refractivity contribution in [2.75, 3.05) is 6.54 Å². The van der Waals surface area contributed by atoms with Crippen LogP contribution in [0.25, 0.3) is 0 Å². The van der Waals surface area contributed by atoms with Crippen LogP contribution in [0.15, 0.2) is 0 Å². The summed E-state index contributed by atoms with van der Waals surface area (Å²) in [7, 11) is -6.11. The first-order chi connectivity index (χ1) is 19.1. The van der Waals surface area contributed by atoms with Crippen LogP contribution < -0.4 is 4.18 Å². The summed E-state index contributed by atoms with van der Waals surface area (Å²) in [6, 6.07) is 0. The van der Waals surface area contributed by atoms with Crippen molar-refractivity contribution < 1.29 is 44.8 Å². The highest BCUT2D eigenvalue weighted by Gasteiger charge is 2.50. The molecule has 0 saturated heterocycles. The molecule has 1 fully saturated rings. The number of carbonyl (C=O) groups is 2. The molecule has 4 atom stereocenters. The van der Waals surface area contributed by atoms with Crippen LogP contribution in [-0.2, 0) is 42.1 Å². The number of benzene rings is 1. The Morgan fingerprint density at radius 1 is 1.02 bits per heavy atom. The molecule has 0 bridgehead atoms. The maximum atomic E-state index is 14.0. The van der Waals surface area contributed by atoms with Crippen molar-refractivity contribution in [2.24, 2.45) is 17.8 Å². The Kier molecular flexibility index (Phi) is 10.0. The molecule has 2 aliphatic rings. The van der Waals surface area contributed by atoms with Crippen LogP contribution in [0.2, 0.25) is 0 Å². The van der Waals surface area contributed by atoms with E-state index in [1.54, 1.807) is 27.7 Å². The molecular formula is C30H44F3NO7S. The number of ether oxygens (including phenoxy) is 2. The van der Waals surface area contributed by atoms with E-state index in [-0.39, 0.29) is 35.4 Å². The van der Waals surface area contributed by atoms with Gasteiger partial charge in [-0.3, -0.25) is 4.79 Å². The van der Waals surface area contributed by atoms with Gasteiger partial charge in [0.05, 0.1) is 5.60 Å². The molecule has 8 nitrogen and oxygen atoms in total. The fourth-order valence-electron chi connectivity index (χ4n) is 6.08. The summed E-state index contributed by atoms with van der Waals surface area (Å²) < 4.78 is 82.6. The van der Waals surface area contributed by atoms with Gasteiger partial charge in [-0.05, 0) is 93.9 Å². The molecule has 1 aromatic rings. The van der Waals surface area contributed by atoms with Gasteiger partial charge >= 0.3 is 21.6 Å². The topological polar surface area (TPSA) is 99.2 Å². The lowest BCUT2D eigenvalue weighted by molar-refractivity contribution is -0.179. The molecule has 42 heavy (non-hydrogen) atoms. The summed E-state index contributed by atoms with van der Waals surface area (Å²) in [4.78, 5) is 27.7. The van der Waals surface area contributed by atoms with Crippen LogP contribution in [0.4, 0.5) is 13.2 Å². The number of amides is 1. The minimum Gasteiger partial charge on any atom is -0.460 e. The number of nitrogens with zero attached hydrogens (tertiary/aromatic N) is 1.